The van der Waals surface area contributed by atoms with Crippen molar-refractivity contribution in [3.8, 4) is 0 Å². The van der Waals surface area contributed by atoms with E-state index in [-0.39, 0.29) is 0 Å². The number of hydrogen-bond donors (Lipinski definition) is 1. The highest BCUT2D eigenvalue weighted by atomic mass is 19.4. The molecule has 1 heterocycles. The molecule has 0 aromatic carbocycles. The molecule has 0 atom stereocenters. The Morgan fingerprint density at radius 3 is 2.31 bits per heavy atom. The molecule has 2 rings (SSSR count). The molecular weight excluding hydrogens is 223 g/mol. The summed E-state index contributed by atoms with van der Waals surface area (Å²) in [6.45, 7) is 0. The number of carboxylic acid groups (broad SMARTS) is 1. The van der Waals surface area contributed by atoms with Crippen molar-refractivity contribution in [1.82, 2.24) is 4.98 Å². The number of alkyl halides is 3. The number of aromatic nitrogens is 1. The molecule has 1 aromatic heterocycles. The third-order valence-corrected chi connectivity index (χ3v) is 2.77. The maximum absolute atomic E-state index is 12.2. The lowest BCUT2D eigenvalue weighted by Crippen LogP contribution is -2.20. The van der Waals surface area contributed by atoms with Gasteiger partial charge in [-0.1, -0.05) is 6.07 Å². The van der Waals surface area contributed by atoms with Gasteiger partial charge in [0.25, 0.3) is 0 Å². The smallest absolute Gasteiger partial charge is 0.433 e. The minimum Gasteiger partial charge on any atom is -0.481 e. The predicted octanol–water partition coefficient (Wildman–Crippen LogP) is 2.22. The van der Waals surface area contributed by atoms with Crippen molar-refractivity contribution >= 4 is 5.97 Å². The molecule has 1 saturated carbocycles. The number of hydrogen-bond acceptors (Lipinski definition) is 2. The Bertz CT molecular complexity index is 421. The summed E-state index contributed by atoms with van der Waals surface area (Å²) >= 11 is 0. The first-order valence-electron chi connectivity index (χ1n) is 4.63. The van der Waals surface area contributed by atoms with Gasteiger partial charge in [-0.05, 0) is 24.5 Å². The Morgan fingerprint density at radius 2 is 2.00 bits per heavy atom. The lowest BCUT2D eigenvalue weighted by atomic mass is 9.98. The highest BCUT2D eigenvalue weighted by Crippen LogP contribution is 2.48. The summed E-state index contributed by atoms with van der Waals surface area (Å²) in [7, 11) is 0. The van der Waals surface area contributed by atoms with E-state index in [1.807, 2.05) is 0 Å². The SMILES string of the molecule is O=C(O)C1(c2ccc(C(F)(F)F)nc2)CC1. The van der Waals surface area contributed by atoms with Crippen LogP contribution in [0.25, 0.3) is 0 Å². The zero-order chi connectivity index (χ0) is 12.0. The van der Waals surface area contributed by atoms with Crippen LogP contribution in [0.4, 0.5) is 13.2 Å². The summed E-state index contributed by atoms with van der Waals surface area (Å²) in [5.41, 5.74) is -1.66. The van der Waals surface area contributed by atoms with E-state index in [1.165, 1.54) is 6.07 Å². The molecule has 0 spiro atoms. The first-order valence-corrected chi connectivity index (χ1v) is 4.63. The highest BCUT2D eigenvalue weighted by molar-refractivity contribution is 5.84. The fourth-order valence-corrected chi connectivity index (χ4v) is 1.60. The average molecular weight is 231 g/mol. The van der Waals surface area contributed by atoms with Crippen LogP contribution in [-0.4, -0.2) is 16.1 Å². The summed E-state index contributed by atoms with van der Waals surface area (Å²) < 4.78 is 36.6. The van der Waals surface area contributed by atoms with Crippen molar-refractivity contribution in [2.24, 2.45) is 0 Å². The molecule has 0 bridgehead atoms. The van der Waals surface area contributed by atoms with Gasteiger partial charge in [0.05, 0.1) is 5.41 Å². The van der Waals surface area contributed by atoms with Crippen molar-refractivity contribution in [1.29, 1.82) is 0 Å². The minimum atomic E-state index is -4.49. The Kier molecular flexibility index (Phi) is 2.18. The molecule has 0 saturated heterocycles. The lowest BCUT2D eigenvalue weighted by Gasteiger charge is -2.11. The summed E-state index contributed by atoms with van der Waals surface area (Å²) in [5, 5.41) is 8.94. The number of carbonyl (C=O) groups is 1. The molecule has 16 heavy (non-hydrogen) atoms. The predicted molar refractivity (Wildman–Crippen MR) is 47.8 cm³/mol. The van der Waals surface area contributed by atoms with Gasteiger partial charge in [0.2, 0.25) is 0 Å². The normalized spacial score (nSPS) is 18.2. The zero-order valence-corrected chi connectivity index (χ0v) is 8.08. The van der Waals surface area contributed by atoms with Gasteiger partial charge in [-0.3, -0.25) is 9.78 Å². The Labute approximate surface area is 88.9 Å². The van der Waals surface area contributed by atoms with Crippen LogP contribution in [-0.2, 0) is 16.4 Å². The summed E-state index contributed by atoms with van der Waals surface area (Å²) in [5.74, 6) is -1.01. The highest BCUT2D eigenvalue weighted by Gasteiger charge is 2.52. The molecule has 1 fully saturated rings. The minimum absolute atomic E-state index is 0.341. The Hall–Kier alpha value is -1.59. The van der Waals surface area contributed by atoms with Crippen molar-refractivity contribution in [2.75, 3.05) is 0 Å². The molecule has 1 aliphatic carbocycles. The van der Waals surface area contributed by atoms with Gasteiger partial charge in [0.1, 0.15) is 5.69 Å². The van der Waals surface area contributed by atoms with Crippen molar-refractivity contribution in [2.45, 2.75) is 24.4 Å². The maximum atomic E-state index is 12.2. The molecule has 3 nitrogen and oxygen atoms in total. The van der Waals surface area contributed by atoms with E-state index in [1.54, 1.807) is 0 Å². The van der Waals surface area contributed by atoms with Gasteiger partial charge in [0.15, 0.2) is 0 Å². The van der Waals surface area contributed by atoms with Crippen LogP contribution in [0.5, 0.6) is 0 Å². The van der Waals surface area contributed by atoms with E-state index < -0.39 is 23.3 Å². The van der Waals surface area contributed by atoms with E-state index in [9.17, 15) is 18.0 Å². The first-order chi connectivity index (χ1) is 7.36. The van der Waals surface area contributed by atoms with Crippen molar-refractivity contribution in [3.05, 3.63) is 29.6 Å². The van der Waals surface area contributed by atoms with Gasteiger partial charge < -0.3 is 5.11 Å². The van der Waals surface area contributed by atoms with Crippen LogP contribution in [0.15, 0.2) is 18.3 Å². The van der Waals surface area contributed by atoms with E-state index >= 15 is 0 Å². The number of rotatable bonds is 2. The first kappa shape index (κ1) is 10.9. The van der Waals surface area contributed by atoms with Crippen LogP contribution < -0.4 is 0 Å². The number of aliphatic carboxylic acids is 1. The number of carboxylic acids is 1. The summed E-state index contributed by atoms with van der Waals surface area (Å²) in [4.78, 5) is 14.2. The van der Waals surface area contributed by atoms with E-state index in [0.29, 0.717) is 18.4 Å². The zero-order valence-electron chi connectivity index (χ0n) is 8.08. The third kappa shape index (κ3) is 1.64. The molecule has 0 radical (unpaired) electrons. The maximum Gasteiger partial charge on any atom is 0.433 e. The van der Waals surface area contributed by atoms with Gasteiger partial charge in [0, 0.05) is 6.20 Å². The van der Waals surface area contributed by atoms with Crippen LogP contribution in [0.3, 0.4) is 0 Å². The molecule has 86 valence electrons. The molecule has 1 aromatic rings. The lowest BCUT2D eigenvalue weighted by molar-refractivity contribution is -0.141. The molecule has 0 amide bonds. The average Bonchev–Trinajstić information content (AvgIpc) is 2.97. The van der Waals surface area contributed by atoms with Gasteiger partial charge >= 0.3 is 12.1 Å². The largest absolute Gasteiger partial charge is 0.481 e. The molecule has 1 aliphatic rings. The van der Waals surface area contributed by atoms with Gasteiger partial charge in [-0.25, -0.2) is 0 Å². The van der Waals surface area contributed by atoms with E-state index in [4.69, 9.17) is 5.11 Å². The second kappa shape index (κ2) is 3.20. The fourth-order valence-electron chi connectivity index (χ4n) is 1.60. The molecule has 6 heteroatoms. The van der Waals surface area contributed by atoms with Crippen LogP contribution in [0, 0.1) is 0 Å². The van der Waals surface area contributed by atoms with E-state index in [2.05, 4.69) is 4.98 Å². The van der Waals surface area contributed by atoms with Crippen LogP contribution in [0.2, 0.25) is 0 Å². The molecular formula is C10H8F3NO2. The summed E-state index contributed by atoms with van der Waals surface area (Å²) in [6.07, 6.45) is -2.58. The molecule has 0 unspecified atom stereocenters. The number of pyridine rings is 1. The van der Waals surface area contributed by atoms with Crippen LogP contribution >= 0.6 is 0 Å². The number of nitrogens with zero attached hydrogens (tertiary/aromatic N) is 1. The van der Waals surface area contributed by atoms with Gasteiger partial charge in [-0.2, -0.15) is 13.2 Å². The van der Waals surface area contributed by atoms with E-state index in [0.717, 1.165) is 12.3 Å². The second-order valence-electron chi connectivity index (χ2n) is 3.82. The Morgan fingerprint density at radius 1 is 1.38 bits per heavy atom. The quantitative estimate of drug-likeness (QED) is 0.848. The molecule has 1 N–H and O–H groups in total. The Balaban J connectivity index is 2.31. The second-order valence-corrected chi connectivity index (χ2v) is 3.82. The van der Waals surface area contributed by atoms with Gasteiger partial charge in [-0.15, -0.1) is 0 Å². The van der Waals surface area contributed by atoms with Crippen molar-refractivity contribution in [3.63, 3.8) is 0 Å². The molecule has 0 aliphatic heterocycles. The van der Waals surface area contributed by atoms with Crippen LogP contribution in [0.1, 0.15) is 24.1 Å². The van der Waals surface area contributed by atoms with Crippen molar-refractivity contribution < 1.29 is 23.1 Å². The topological polar surface area (TPSA) is 50.2 Å². The summed E-state index contributed by atoms with van der Waals surface area (Å²) in [6, 6.07) is 2.01. The third-order valence-electron chi connectivity index (χ3n) is 2.77. The fraction of sp³-hybridized carbons (Fsp3) is 0.400. The monoisotopic (exact) mass is 231 g/mol. The number of halogens is 3. The standard InChI is InChI=1S/C10H8F3NO2/c11-10(12,13)7-2-1-6(5-14-7)9(3-4-9)8(15)16/h1-2,5H,3-4H2,(H,15,16).